The average molecular weight is 337 g/mol. The molecule has 0 saturated carbocycles. The molecular formula is C15H31NO5S. The summed E-state index contributed by atoms with van der Waals surface area (Å²) in [5.41, 5.74) is 0. The van der Waals surface area contributed by atoms with E-state index in [-0.39, 0.29) is 12.5 Å². The lowest BCUT2D eigenvalue weighted by molar-refractivity contribution is -0.126. The normalized spacial score (nSPS) is 11.1. The highest BCUT2D eigenvalue weighted by Gasteiger charge is 2.01. The molecular weight excluding hydrogens is 306 g/mol. The molecule has 0 aromatic heterocycles. The molecule has 0 unspecified atom stereocenters. The van der Waals surface area contributed by atoms with Gasteiger partial charge >= 0.3 is 0 Å². The lowest BCUT2D eigenvalue weighted by atomic mass is 10.2. The summed E-state index contributed by atoms with van der Waals surface area (Å²) in [5, 5.41) is 2.79. The average Bonchev–Trinajstić information content (AvgIpc) is 2.49. The Balaban J connectivity index is 3.09. The molecule has 0 saturated heterocycles. The van der Waals surface area contributed by atoms with Crippen molar-refractivity contribution in [2.24, 2.45) is 5.92 Å². The van der Waals surface area contributed by atoms with E-state index in [1.165, 1.54) is 0 Å². The van der Waals surface area contributed by atoms with Crippen LogP contribution in [0.2, 0.25) is 0 Å². The van der Waals surface area contributed by atoms with Crippen LogP contribution in [0.3, 0.4) is 0 Å². The van der Waals surface area contributed by atoms with Gasteiger partial charge in [0.1, 0.15) is 6.61 Å². The SMILES string of the molecule is CSCCOCCOCCOCCOCC(=O)NCC(C)C. The maximum atomic E-state index is 11.3. The van der Waals surface area contributed by atoms with Gasteiger partial charge in [-0.2, -0.15) is 11.8 Å². The van der Waals surface area contributed by atoms with Gasteiger partial charge < -0.3 is 24.3 Å². The first-order chi connectivity index (χ1) is 10.7. The Kier molecular flexibility index (Phi) is 16.8. The minimum Gasteiger partial charge on any atom is -0.378 e. The van der Waals surface area contributed by atoms with Crippen LogP contribution in [0, 0.1) is 5.92 Å². The van der Waals surface area contributed by atoms with Crippen LogP contribution in [0.4, 0.5) is 0 Å². The maximum Gasteiger partial charge on any atom is 0.246 e. The Morgan fingerprint density at radius 3 is 1.91 bits per heavy atom. The van der Waals surface area contributed by atoms with Gasteiger partial charge in [-0.25, -0.2) is 0 Å². The number of carbonyl (C=O) groups is 1. The van der Waals surface area contributed by atoms with Crippen LogP contribution in [-0.4, -0.2) is 77.3 Å². The number of ether oxygens (including phenoxy) is 4. The van der Waals surface area contributed by atoms with Crippen molar-refractivity contribution < 1.29 is 23.7 Å². The highest BCUT2D eigenvalue weighted by atomic mass is 32.2. The summed E-state index contributed by atoms with van der Waals surface area (Å²) in [6.07, 6.45) is 2.05. The van der Waals surface area contributed by atoms with Crippen LogP contribution >= 0.6 is 11.8 Å². The van der Waals surface area contributed by atoms with E-state index in [2.05, 4.69) is 11.6 Å². The molecule has 0 aromatic carbocycles. The van der Waals surface area contributed by atoms with E-state index in [9.17, 15) is 4.79 Å². The Morgan fingerprint density at radius 2 is 1.41 bits per heavy atom. The highest BCUT2D eigenvalue weighted by molar-refractivity contribution is 7.98. The van der Waals surface area contributed by atoms with E-state index < -0.39 is 0 Å². The van der Waals surface area contributed by atoms with E-state index in [0.717, 1.165) is 12.4 Å². The summed E-state index contributed by atoms with van der Waals surface area (Å²) in [7, 11) is 0. The molecule has 1 N–H and O–H groups in total. The molecule has 132 valence electrons. The van der Waals surface area contributed by atoms with E-state index >= 15 is 0 Å². The molecule has 0 radical (unpaired) electrons. The van der Waals surface area contributed by atoms with Crippen LogP contribution in [0.25, 0.3) is 0 Å². The maximum absolute atomic E-state index is 11.3. The van der Waals surface area contributed by atoms with Crippen molar-refractivity contribution in [3.8, 4) is 0 Å². The quantitative estimate of drug-likeness (QED) is 0.427. The fourth-order valence-corrected chi connectivity index (χ4v) is 1.62. The molecule has 0 aliphatic rings. The molecule has 0 heterocycles. The van der Waals surface area contributed by atoms with Gasteiger partial charge in [-0.1, -0.05) is 13.8 Å². The third-order valence-electron chi connectivity index (χ3n) is 2.49. The third kappa shape index (κ3) is 17.7. The molecule has 0 atom stereocenters. The summed E-state index contributed by atoms with van der Waals surface area (Å²) in [5.74, 6) is 1.38. The van der Waals surface area contributed by atoms with E-state index in [1.807, 2.05) is 13.8 Å². The van der Waals surface area contributed by atoms with Crippen LogP contribution in [0.1, 0.15) is 13.8 Å². The summed E-state index contributed by atoms with van der Waals surface area (Å²) in [4.78, 5) is 11.3. The summed E-state index contributed by atoms with van der Waals surface area (Å²) in [6.45, 7) is 8.77. The largest absolute Gasteiger partial charge is 0.378 e. The molecule has 0 rings (SSSR count). The topological polar surface area (TPSA) is 66.0 Å². The van der Waals surface area contributed by atoms with Gasteiger partial charge in [0, 0.05) is 12.3 Å². The third-order valence-corrected chi connectivity index (χ3v) is 3.06. The first-order valence-electron chi connectivity index (χ1n) is 7.73. The minimum absolute atomic E-state index is 0.0833. The zero-order valence-corrected chi connectivity index (χ0v) is 14.9. The predicted octanol–water partition coefficient (Wildman–Crippen LogP) is 1.19. The van der Waals surface area contributed by atoms with Crippen molar-refractivity contribution in [3.63, 3.8) is 0 Å². The molecule has 0 bridgehead atoms. The van der Waals surface area contributed by atoms with Crippen molar-refractivity contribution in [3.05, 3.63) is 0 Å². The molecule has 0 aliphatic carbocycles. The Labute approximate surface area is 138 Å². The predicted molar refractivity (Wildman–Crippen MR) is 89.5 cm³/mol. The van der Waals surface area contributed by atoms with Gasteiger partial charge in [0.05, 0.1) is 46.2 Å². The number of rotatable bonds is 16. The number of hydrogen-bond donors (Lipinski definition) is 1. The Hall–Kier alpha value is -0.340. The van der Waals surface area contributed by atoms with Gasteiger partial charge in [0.15, 0.2) is 0 Å². The van der Waals surface area contributed by atoms with Gasteiger partial charge in [-0.3, -0.25) is 4.79 Å². The first-order valence-corrected chi connectivity index (χ1v) is 9.12. The lowest BCUT2D eigenvalue weighted by Gasteiger charge is -2.09. The second-order valence-corrected chi connectivity index (χ2v) is 6.07. The number of amides is 1. The first kappa shape index (κ1) is 21.7. The van der Waals surface area contributed by atoms with Crippen LogP contribution < -0.4 is 5.32 Å². The molecule has 22 heavy (non-hydrogen) atoms. The molecule has 6 nitrogen and oxygen atoms in total. The van der Waals surface area contributed by atoms with E-state index in [0.29, 0.717) is 52.1 Å². The zero-order chi connectivity index (χ0) is 16.5. The fourth-order valence-electron chi connectivity index (χ4n) is 1.34. The van der Waals surface area contributed by atoms with Crippen molar-refractivity contribution in [1.82, 2.24) is 5.32 Å². The summed E-state index contributed by atoms with van der Waals surface area (Å²) in [6, 6.07) is 0. The Bertz CT molecular complexity index is 254. The molecule has 0 aliphatic heterocycles. The zero-order valence-electron chi connectivity index (χ0n) is 14.1. The van der Waals surface area contributed by atoms with Crippen molar-refractivity contribution >= 4 is 17.7 Å². The second-order valence-electron chi connectivity index (χ2n) is 5.08. The van der Waals surface area contributed by atoms with Gasteiger partial charge in [0.25, 0.3) is 0 Å². The van der Waals surface area contributed by atoms with Gasteiger partial charge in [-0.05, 0) is 12.2 Å². The molecule has 0 fully saturated rings. The number of carbonyl (C=O) groups excluding carboxylic acids is 1. The standard InChI is InChI=1S/C15H31NO5S/c1-14(2)12-16-15(17)13-21-9-8-19-5-4-18-6-7-20-10-11-22-3/h14H,4-13H2,1-3H3,(H,16,17). The molecule has 7 heteroatoms. The van der Waals surface area contributed by atoms with Crippen LogP contribution in [0.5, 0.6) is 0 Å². The minimum atomic E-state index is -0.0847. The second kappa shape index (κ2) is 17.0. The van der Waals surface area contributed by atoms with E-state index in [4.69, 9.17) is 18.9 Å². The lowest BCUT2D eigenvalue weighted by Crippen LogP contribution is -2.31. The smallest absolute Gasteiger partial charge is 0.246 e. The summed E-state index contributed by atoms with van der Waals surface area (Å²) < 4.78 is 21.2. The van der Waals surface area contributed by atoms with Gasteiger partial charge in [-0.15, -0.1) is 0 Å². The number of thioether (sulfide) groups is 1. The Morgan fingerprint density at radius 1 is 0.909 bits per heavy atom. The van der Waals surface area contributed by atoms with Gasteiger partial charge in [0.2, 0.25) is 5.91 Å². The van der Waals surface area contributed by atoms with Crippen molar-refractivity contribution in [2.75, 3.05) is 71.4 Å². The van der Waals surface area contributed by atoms with Crippen LogP contribution in [0.15, 0.2) is 0 Å². The highest BCUT2D eigenvalue weighted by Crippen LogP contribution is 1.90. The number of nitrogens with one attached hydrogen (secondary N) is 1. The fraction of sp³-hybridized carbons (Fsp3) is 0.933. The summed E-state index contributed by atoms with van der Waals surface area (Å²) >= 11 is 1.77. The molecule has 1 amide bonds. The molecule has 0 aromatic rings. The van der Waals surface area contributed by atoms with Crippen molar-refractivity contribution in [2.45, 2.75) is 13.8 Å². The number of hydrogen-bond acceptors (Lipinski definition) is 6. The van der Waals surface area contributed by atoms with Crippen molar-refractivity contribution in [1.29, 1.82) is 0 Å². The molecule has 0 spiro atoms. The van der Waals surface area contributed by atoms with Crippen LogP contribution in [-0.2, 0) is 23.7 Å². The monoisotopic (exact) mass is 337 g/mol. The van der Waals surface area contributed by atoms with E-state index in [1.54, 1.807) is 11.8 Å².